The Kier molecular flexibility index (Phi) is 10.3. The molecule has 12 heteroatoms. The van der Waals surface area contributed by atoms with E-state index < -0.39 is 73.6 Å². The Hall–Kier alpha value is -2.36. The summed E-state index contributed by atoms with van der Waals surface area (Å²) >= 11 is 0. The highest BCUT2D eigenvalue weighted by Gasteiger charge is 2.54. The number of benzene rings is 2. The Morgan fingerprint density at radius 1 is 0.659 bits per heavy atom. The molecule has 4 rings (SSSR count). The van der Waals surface area contributed by atoms with Crippen molar-refractivity contribution in [3.8, 4) is 22.6 Å². The number of ether oxygens (including phenoxy) is 4. The van der Waals surface area contributed by atoms with Gasteiger partial charge in [-0.2, -0.15) is 0 Å². The maximum absolute atomic E-state index is 10.9. The lowest BCUT2D eigenvalue weighted by atomic mass is 9.88. The highest BCUT2D eigenvalue weighted by atomic mass is 16.7. The minimum absolute atomic E-state index is 0.0262. The summed E-state index contributed by atoms with van der Waals surface area (Å²) in [5.41, 5.74) is -0.674. The molecule has 2 aromatic carbocycles. The van der Waals surface area contributed by atoms with Crippen LogP contribution in [0.5, 0.6) is 11.5 Å². The molecule has 0 saturated carbocycles. The normalized spacial score (nSPS) is 36.1. The summed E-state index contributed by atoms with van der Waals surface area (Å²) < 4.78 is 23.4. The van der Waals surface area contributed by atoms with Crippen molar-refractivity contribution in [1.82, 2.24) is 0 Å². The quantitative estimate of drug-likeness (QED) is 0.195. The summed E-state index contributed by atoms with van der Waals surface area (Å²) in [6.45, 7) is 9.33. The zero-order chi connectivity index (χ0) is 32.7. The van der Waals surface area contributed by atoms with Crippen molar-refractivity contribution >= 4 is 0 Å². The molecule has 0 amide bonds. The topological polar surface area (TPSA) is 199 Å². The van der Waals surface area contributed by atoms with Crippen molar-refractivity contribution < 1.29 is 59.8 Å². The van der Waals surface area contributed by atoms with Crippen LogP contribution in [0.2, 0.25) is 0 Å². The van der Waals surface area contributed by atoms with E-state index in [0.717, 1.165) is 22.3 Å². The fraction of sp³-hybridized carbons (Fsp3) is 0.625. The molecule has 0 aliphatic carbocycles. The maximum Gasteiger partial charge on any atom is 0.231 e. The molecule has 12 nitrogen and oxygen atoms in total. The summed E-state index contributed by atoms with van der Waals surface area (Å²) in [6.07, 6.45) is -11.2. The number of hydrogen-bond donors (Lipinski definition) is 8. The second-order valence-electron chi connectivity index (χ2n) is 12.8. The SMILES string of the molecule is CC(C)c1cc(-c2ccc(O[C@H]3O[C@H](CO)[C@@H](O)[C@H](O)[C@]3(C)O)c(C(C)C)c2)ccc1O[C@H]1O[C@H](CO)[C@@H](O)[C@H](O)[C@]1(C)O. The molecule has 8 N–H and O–H groups in total. The van der Waals surface area contributed by atoms with Crippen molar-refractivity contribution in [2.24, 2.45) is 0 Å². The van der Waals surface area contributed by atoms with Crippen LogP contribution in [0.4, 0.5) is 0 Å². The van der Waals surface area contributed by atoms with Crippen LogP contribution in [-0.4, -0.2) is 114 Å². The van der Waals surface area contributed by atoms with Gasteiger partial charge in [-0.15, -0.1) is 0 Å². The molecule has 2 aromatic rings. The lowest BCUT2D eigenvalue weighted by molar-refractivity contribution is -0.315. The minimum atomic E-state index is -1.96. The smallest absolute Gasteiger partial charge is 0.231 e. The second kappa shape index (κ2) is 13.2. The first-order valence-electron chi connectivity index (χ1n) is 14.9. The molecule has 2 heterocycles. The molecule has 2 saturated heterocycles. The molecule has 0 aromatic heterocycles. The summed E-state index contributed by atoms with van der Waals surface area (Å²) in [6, 6.07) is 11.0. The van der Waals surface area contributed by atoms with E-state index in [4.69, 9.17) is 18.9 Å². The molecule has 2 fully saturated rings. The van der Waals surface area contributed by atoms with Gasteiger partial charge < -0.3 is 59.8 Å². The van der Waals surface area contributed by atoms with Crippen molar-refractivity contribution in [3.05, 3.63) is 47.5 Å². The third-order valence-corrected chi connectivity index (χ3v) is 8.58. The molecule has 2 aliphatic heterocycles. The molecule has 246 valence electrons. The van der Waals surface area contributed by atoms with Gasteiger partial charge in [-0.1, -0.05) is 39.8 Å². The third kappa shape index (κ3) is 6.47. The first-order chi connectivity index (χ1) is 20.5. The molecule has 2 aliphatic rings. The van der Waals surface area contributed by atoms with Crippen LogP contribution in [0.25, 0.3) is 11.1 Å². The van der Waals surface area contributed by atoms with E-state index in [1.54, 1.807) is 12.1 Å². The van der Waals surface area contributed by atoms with Crippen LogP contribution < -0.4 is 9.47 Å². The lowest BCUT2D eigenvalue weighted by Crippen LogP contribution is -2.66. The van der Waals surface area contributed by atoms with Gasteiger partial charge in [0, 0.05) is 0 Å². The van der Waals surface area contributed by atoms with Crippen LogP contribution >= 0.6 is 0 Å². The van der Waals surface area contributed by atoms with E-state index in [0.29, 0.717) is 11.5 Å². The van der Waals surface area contributed by atoms with E-state index in [1.165, 1.54) is 13.8 Å². The van der Waals surface area contributed by atoms with Gasteiger partial charge in [0.2, 0.25) is 12.6 Å². The molecular formula is C32H46O12. The summed E-state index contributed by atoms with van der Waals surface area (Å²) in [5.74, 6) is 0.743. The van der Waals surface area contributed by atoms with Gasteiger partial charge >= 0.3 is 0 Å². The molecule has 0 radical (unpaired) electrons. The average molecular weight is 623 g/mol. The minimum Gasteiger partial charge on any atom is -0.461 e. The molecule has 44 heavy (non-hydrogen) atoms. The number of hydrogen-bond acceptors (Lipinski definition) is 12. The average Bonchev–Trinajstić information content (AvgIpc) is 2.98. The number of aliphatic hydroxyl groups is 8. The van der Waals surface area contributed by atoms with Crippen molar-refractivity contribution in [3.63, 3.8) is 0 Å². The first-order valence-corrected chi connectivity index (χ1v) is 14.9. The van der Waals surface area contributed by atoms with Crippen LogP contribution in [0, 0.1) is 0 Å². The highest BCUT2D eigenvalue weighted by molar-refractivity contribution is 5.68. The number of aliphatic hydroxyl groups excluding tert-OH is 6. The van der Waals surface area contributed by atoms with Crippen LogP contribution in [-0.2, 0) is 9.47 Å². The summed E-state index contributed by atoms with van der Waals surface area (Å²) in [5, 5.41) is 82.3. The van der Waals surface area contributed by atoms with Crippen molar-refractivity contribution in [1.29, 1.82) is 0 Å². The Balaban J connectivity index is 1.64. The fourth-order valence-corrected chi connectivity index (χ4v) is 5.53. The largest absolute Gasteiger partial charge is 0.461 e. The Bertz CT molecular complexity index is 1180. The Morgan fingerprint density at radius 3 is 1.30 bits per heavy atom. The Morgan fingerprint density at radius 2 is 1.00 bits per heavy atom. The van der Waals surface area contributed by atoms with Gasteiger partial charge in [0.1, 0.15) is 48.1 Å². The van der Waals surface area contributed by atoms with Gasteiger partial charge in [-0.25, -0.2) is 0 Å². The van der Waals surface area contributed by atoms with E-state index in [-0.39, 0.29) is 11.8 Å². The van der Waals surface area contributed by atoms with E-state index >= 15 is 0 Å². The summed E-state index contributed by atoms with van der Waals surface area (Å²) in [7, 11) is 0. The first kappa shape index (κ1) is 34.5. The highest BCUT2D eigenvalue weighted by Crippen LogP contribution is 2.40. The molecule has 0 spiro atoms. The predicted molar refractivity (Wildman–Crippen MR) is 158 cm³/mol. The third-order valence-electron chi connectivity index (χ3n) is 8.58. The van der Waals surface area contributed by atoms with Crippen molar-refractivity contribution in [2.75, 3.05) is 13.2 Å². The van der Waals surface area contributed by atoms with Gasteiger partial charge in [0.05, 0.1) is 13.2 Å². The molecular weight excluding hydrogens is 576 g/mol. The van der Waals surface area contributed by atoms with Crippen LogP contribution in [0.3, 0.4) is 0 Å². The molecule has 10 atom stereocenters. The molecule has 0 unspecified atom stereocenters. The predicted octanol–water partition coefficient (Wildman–Crippen LogP) is 0.738. The fourth-order valence-electron chi connectivity index (χ4n) is 5.53. The summed E-state index contributed by atoms with van der Waals surface area (Å²) in [4.78, 5) is 0. The Labute approximate surface area is 257 Å². The van der Waals surface area contributed by atoms with E-state index in [1.807, 2.05) is 52.0 Å². The van der Waals surface area contributed by atoms with Gasteiger partial charge in [-0.3, -0.25) is 0 Å². The van der Waals surface area contributed by atoms with E-state index in [9.17, 15) is 40.9 Å². The standard InChI is InChI=1S/C32H46O12/c1-15(2)19-11-17(7-9-21(19)41-29-31(5,39)27(37)25(35)23(13-33)43-29)18-8-10-22(20(12-18)16(3)4)42-30-32(6,40)28(38)26(36)24(14-34)44-30/h7-12,15-16,23-30,33-40H,13-14H2,1-6H3/t23-,24-,25-,26-,27+,28+,29+,30+,31+,32+/m1/s1. The molecule has 0 bridgehead atoms. The zero-order valence-corrected chi connectivity index (χ0v) is 25.9. The number of rotatable bonds is 9. The van der Waals surface area contributed by atoms with Crippen LogP contribution in [0.1, 0.15) is 64.5 Å². The maximum atomic E-state index is 10.9. The second-order valence-corrected chi connectivity index (χ2v) is 12.8. The van der Waals surface area contributed by atoms with E-state index in [2.05, 4.69) is 0 Å². The monoisotopic (exact) mass is 622 g/mol. The van der Waals surface area contributed by atoms with Gasteiger partial charge in [-0.05, 0) is 72.2 Å². The van der Waals surface area contributed by atoms with Crippen LogP contribution in [0.15, 0.2) is 36.4 Å². The van der Waals surface area contributed by atoms with Gasteiger partial charge in [0.25, 0.3) is 0 Å². The van der Waals surface area contributed by atoms with Crippen molar-refractivity contribution in [2.45, 2.75) is 114 Å². The van der Waals surface area contributed by atoms with Gasteiger partial charge in [0.15, 0.2) is 11.2 Å². The lowest BCUT2D eigenvalue weighted by Gasteiger charge is -2.46. The zero-order valence-electron chi connectivity index (χ0n) is 25.9.